The van der Waals surface area contributed by atoms with Gasteiger partial charge in [-0.3, -0.25) is 9.59 Å². The van der Waals surface area contributed by atoms with Gasteiger partial charge >= 0.3 is 0 Å². The Balaban J connectivity index is 1.71. The fraction of sp³-hybridized carbons (Fsp3) is 0.200. The molecule has 6 nitrogen and oxygen atoms in total. The topological polar surface area (TPSA) is 83.2 Å². The van der Waals surface area contributed by atoms with Gasteiger partial charge in [0.05, 0.1) is 0 Å². The molecule has 3 aromatic rings. The second kappa shape index (κ2) is 7.41. The lowest BCUT2D eigenvalue weighted by Gasteiger charge is -2.08. The molecular formula is C20H21N3O3. The van der Waals surface area contributed by atoms with Gasteiger partial charge in [0, 0.05) is 40.6 Å². The lowest BCUT2D eigenvalue weighted by Crippen LogP contribution is -2.17. The molecule has 0 saturated heterocycles. The molecule has 0 aliphatic rings. The van der Waals surface area contributed by atoms with Crippen molar-refractivity contribution in [1.29, 1.82) is 0 Å². The maximum atomic E-state index is 12.5. The van der Waals surface area contributed by atoms with Crippen LogP contribution in [0.4, 0.5) is 11.4 Å². The first-order valence-electron chi connectivity index (χ1n) is 8.27. The number of ether oxygens (including phenoxy) is 1. The summed E-state index contributed by atoms with van der Waals surface area (Å²) in [6.45, 7) is 4.05. The van der Waals surface area contributed by atoms with Gasteiger partial charge in [0.25, 0.3) is 5.91 Å². The minimum atomic E-state index is -0.227. The van der Waals surface area contributed by atoms with Crippen molar-refractivity contribution < 1.29 is 14.3 Å². The SMILES string of the molecule is COCC(=O)Nc1ccc(NC(=O)c2ccc3[nH]c(C)c(C)c3c2)cc1. The molecule has 1 aromatic heterocycles. The fourth-order valence-electron chi connectivity index (χ4n) is 2.77. The van der Waals surface area contributed by atoms with E-state index in [1.54, 1.807) is 30.3 Å². The van der Waals surface area contributed by atoms with Crippen LogP contribution in [0, 0.1) is 13.8 Å². The standard InChI is InChI=1S/C20H21N3O3/c1-12-13(2)21-18-9-4-14(10-17(12)18)20(25)23-16-7-5-15(6-8-16)22-19(24)11-26-3/h4-10,21H,11H2,1-3H3,(H,22,24)(H,23,25). The summed E-state index contributed by atoms with van der Waals surface area (Å²) in [4.78, 5) is 27.3. The van der Waals surface area contributed by atoms with Gasteiger partial charge in [0.15, 0.2) is 0 Å². The molecule has 1 heterocycles. The van der Waals surface area contributed by atoms with Crippen molar-refractivity contribution in [3.63, 3.8) is 0 Å². The maximum Gasteiger partial charge on any atom is 0.255 e. The second-order valence-corrected chi connectivity index (χ2v) is 6.15. The lowest BCUT2D eigenvalue weighted by atomic mass is 10.1. The Morgan fingerprint density at radius 1 is 1.00 bits per heavy atom. The Kier molecular flexibility index (Phi) is 5.04. The number of methoxy groups -OCH3 is 1. The first kappa shape index (κ1) is 17.7. The predicted octanol–water partition coefficient (Wildman–Crippen LogP) is 3.62. The molecule has 134 valence electrons. The van der Waals surface area contributed by atoms with Gasteiger partial charge in [-0.25, -0.2) is 0 Å². The lowest BCUT2D eigenvalue weighted by molar-refractivity contribution is -0.119. The number of carbonyl (C=O) groups excluding carboxylic acids is 2. The summed E-state index contributed by atoms with van der Waals surface area (Å²) in [5.41, 5.74) is 5.16. The number of aryl methyl sites for hydroxylation is 2. The molecule has 3 N–H and O–H groups in total. The molecule has 0 atom stereocenters. The molecule has 0 bridgehead atoms. The van der Waals surface area contributed by atoms with E-state index in [2.05, 4.69) is 15.6 Å². The molecule has 2 aromatic carbocycles. The average Bonchev–Trinajstić information content (AvgIpc) is 2.91. The molecule has 0 radical (unpaired) electrons. The molecule has 26 heavy (non-hydrogen) atoms. The number of hydrogen-bond donors (Lipinski definition) is 3. The predicted molar refractivity (Wildman–Crippen MR) is 103 cm³/mol. The smallest absolute Gasteiger partial charge is 0.255 e. The summed E-state index contributed by atoms with van der Waals surface area (Å²) >= 11 is 0. The summed E-state index contributed by atoms with van der Waals surface area (Å²) < 4.78 is 4.77. The van der Waals surface area contributed by atoms with Crippen LogP contribution in [0.2, 0.25) is 0 Å². The van der Waals surface area contributed by atoms with Crippen molar-refractivity contribution in [2.45, 2.75) is 13.8 Å². The monoisotopic (exact) mass is 351 g/mol. The summed E-state index contributed by atoms with van der Waals surface area (Å²) in [6, 6.07) is 12.5. The molecule has 0 spiro atoms. The van der Waals surface area contributed by atoms with Crippen molar-refractivity contribution in [2.24, 2.45) is 0 Å². The number of H-pyrrole nitrogens is 1. The number of anilines is 2. The quantitative estimate of drug-likeness (QED) is 0.656. The Morgan fingerprint density at radius 3 is 2.31 bits per heavy atom. The Bertz CT molecular complexity index is 958. The van der Waals surface area contributed by atoms with Crippen LogP contribution < -0.4 is 10.6 Å². The zero-order chi connectivity index (χ0) is 18.7. The van der Waals surface area contributed by atoms with Gasteiger partial charge in [-0.15, -0.1) is 0 Å². The third-order valence-corrected chi connectivity index (χ3v) is 4.27. The van der Waals surface area contributed by atoms with E-state index >= 15 is 0 Å². The van der Waals surface area contributed by atoms with Crippen molar-refractivity contribution in [3.05, 3.63) is 59.3 Å². The first-order valence-corrected chi connectivity index (χ1v) is 8.27. The van der Waals surface area contributed by atoms with Gasteiger partial charge in [0.2, 0.25) is 5.91 Å². The molecule has 0 aliphatic heterocycles. The largest absolute Gasteiger partial charge is 0.375 e. The summed E-state index contributed by atoms with van der Waals surface area (Å²) in [6.07, 6.45) is 0. The maximum absolute atomic E-state index is 12.5. The van der Waals surface area contributed by atoms with Gasteiger partial charge in [-0.1, -0.05) is 0 Å². The van der Waals surface area contributed by atoms with Crippen LogP contribution in [0.15, 0.2) is 42.5 Å². The molecular weight excluding hydrogens is 330 g/mol. The average molecular weight is 351 g/mol. The van der Waals surface area contributed by atoms with Crippen molar-refractivity contribution in [1.82, 2.24) is 4.98 Å². The second-order valence-electron chi connectivity index (χ2n) is 6.15. The number of carbonyl (C=O) groups is 2. The summed E-state index contributed by atoms with van der Waals surface area (Å²) in [5, 5.41) is 6.62. The summed E-state index contributed by atoms with van der Waals surface area (Å²) in [5.74, 6) is -0.406. The van der Waals surface area contributed by atoms with E-state index in [1.165, 1.54) is 7.11 Å². The van der Waals surface area contributed by atoms with E-state index in [-0.39, 0.29) is 18.4 Å². The third-order valence-electron chi connectivity index (χ3n) is 4.27. The van der Waals surface area contributed by atoms with Gasteiger partial charge in [0.1, 0.15) is 6.61 Å². The molecule has 3 rings (SSSR count). The van der Waals surface area contributed by atoms with Crippen molar-refractivity contribution in [3.8, 4) is 0 Å². The van der Waals surface area contributed by atoms with Gasteiger partial charge < -0.3 is 20.4 Å². The minimum Gasteiger partial charge on any atom is -0.375 e. The molecule has 0 saturated carbocycles. The highest BCUT2D eigenvalue weighted by atomic mass is 16.5. The Labute approximate surface area is 151 Å². The fourth-order valence-corrected chi connectivity index (χ4v) is 2.77. The number of amides is 2. The van der Waals surface area contributed by atoms with Gasteiger partial charge in [-0.2, -0.15) is 0 Å². The van der Waals surface area contributed by atoms with Crippen LogP contribution >= 0.6 is 0 Å². The zero-order valence-corrected chi connectivity index (χ0v) is 15.0. The van der Waals surface area contributed by atoms with E-state index in [0.717, 1.165) is 22.2 Å². The van der Waals surface area contributed by atoms with Gasteiger partial charge in [-0.05, 0) is 61.9 Å². The molecule has 0 unspecified atom stereocenters. The Morgan fingerprint density at radius 2 is 1.65 bits per heavy atom. The number of hydrogen-bond acceptors (Lipinski definition) is 3. The third kappa shape index (κ3) is 3.75. The highest BCUT2D eigenvalue weighted by Gasteiger charge is 2.10. The number of fused-ring (bicyclic) bond motifs is 1. The van der Waals surface area contributed by atoms with Crippen LogP contribution in [0.5, 0.6) is 0 Å². The van der Waals surface area contributed by atoms with Crippen molar-refractivity contribution in [2.75, 3.05) is 24.4 Å². The van der Waals surface area contributed by atoms with E-state index < -0.39 is 0 Å². The van der Waals surface area contributed by atoms with Crippen molar-refractivity contribution >= 4 is 34.1 Å². The van der Waals surface area contributed by atoms with Crippen LogP contribution in [0.25, 0.3) is 10.9 Å². The van der Waals surface area contributed by atoms with E-state index in [4.69, 9.17) is 4.74 Å². The highest BCUT2D eigenvalue weighted by molar-refractivity contribution is 6.06. The van der Waals surface area contributed by atoms with E-state index in [9.17, 15) is 9.59 Å². The number of rotatable bonds is 5. The molecule has 6 heteroatoms. The van der Waals surface area contributed by atoms with E-state index in [1.807, 2.05) is 26.0 Å². The minimum absolute atomic E-state index is 0.000982. The number of benzene rings is 2. The number of aromatic amines is 1. The highest BCUT2D eigenvalue weighted by Crippen LogP contribution is 2.23. The first-order chi connectivity index (χ1) is 12.5. The molecule has 0 fully saturated rings. The summed E-state index contributed by atoms with van der Waals surface area (Å²) in [7, 11) is 1.46. The van der Waals surface area contributed by atoms with E-state index in [0.29, 0.717) is 16.9 Å². The molecule has 2 amide bonds. The molecule has 0 aliphatic carbocycles. The van der Waals surface area contributed by atoms with Crippen LogP contribution in [0.1, 0.15) is 21.6 Å². The Hall–Kier alpha value is -3.12. The van der Waals surface area contributed by atoms with Crippen LogP contribution in [-0.4, -0.2) is 30.5 Å². The van der Waals surface area contributed by atoms with Crippen LogP contribution in [-0.2, 0) is 9.53 Å². The zero-order valence-electron chi connectivity index (χ0n) is 15.0. The number of aromatic nitrogens is 1. The normalized spacial score (nSPS) is 10.7. The van der Waals surface area contributed by atoms with Crippen LogP contribution in [0.3, 0.4) is 0 Å². The number of nitrogens with one attached hydrogen (secondary N) is 3.